The van der Waals surface area contributed by atoms with Gasteiger partial charge in [0.15, 0.2) is 0 Å². The number of ether oxygens (including phenoxy) is 1. The van der Waals surface area contributed by atoms with Crippen molar-refractivity contribution in [2.45, 2.75) is 18.9 Å². The number of carbonyl (C=O) groups excluding carboxylic acids is 1. The molecule has 1 fully saturated rings. The molecule has 0 atom stereocenters. The molecule has 27 heavy (non-hydrogen) atoms. The van der Waals surface area contributed by atoms with Crippen molar-refractivity contribution in [1.82, 2.24) is 9.88 Å². The summed E-state index contributed by atoms with van der Waals surface area (Å²) in [7, 11) is 1.72. The molecule has 0 spiro atoms. The molecule has 0 bridgehead atoms. The number of aromatic nitrogens is 1. The molecule has 0 unspecified atom stereocenters. The molecule has 1 saturated heterocycles. The zero-order valence-electron chi connectivity index (χ0n) is 15.2. The Kier molecular flexibility index (Phi) is 4.86. The maximum absolute atomic E-state index is 13.3. The molecule has 1 aliphatic heterocycles. The number of amides is 1. The molecule has 4 nitrogen and oxygen atoms in total. The molecule has 1 amide bonds. The Bertz CT molecular complexity index is 964. The standard InChI is InChI=1S/C22H21FN2O2/c1-27-17-10-12-25(13-11-17)22(26)19-14-21(15-6-8-16(23)9-7-15)24-20-5-3-2-4-18(19)20/h2-9,14,17H,10-13H2,1H3. The largest absolute Gasteiger partial charge is 0.381 e. The molecule has 138 valence electrons. The van der Waals surface area contributed by atoms with E-state index >= 15 is 0 Å². The van der Waals surface area contributed by atoms with Crippen LogP contribution in [0.4, 0.5) is 4.39 Å². The number of pyridine rings is 1. The van der Waals surface area contributed by atoms with E-state index in [1.54, 1.807) is 19.2 Å². The van der Waals surface area contributed by atoms with Gasteiger partial charge in [-0.25, -0.2) is 9.37 Å². The van der Waals surface area contributed by atoms with Crippen molar-refractivity contribution in [1.29, 1.82) is 0 Å². The number of piperidine rings is 1. The number of halogens is 1. The van der Waals surface area contributed by atoms with Gasteiger partial charge in [-0.1, -0.05) is 18.2 Å². The van der Waals surface area contributed by atoms with Crippen molar-refractivity contribution in [3.63, 3.8) is 0 Å². The molecule has 2 aromatic carbocycles. The second-order valence-corrected chi connectivity index (χ2v) is 6.81. The van der Waals surface area contributed by atoms with Crippen LogP contribution in [0.2, 0.25) is 0 Å². The Morgan fingerprint density at radius 3 is 2.52 bits per heavy atom. The van der Waals surface area contributed by atoms with Crippen molar-refractivity contribution in [3.8, 4) is 11.3 Å². The predicted molar refractivity (Wildman–Crippen MR) is 103 cm³/mol. The first-order valence-electron chi connectivity index (χ1n) is 9.13. The summed E-state index contributed by atoms with van der Waals surface area (Å²) in [6.07, 6.45) is 1.91. The predicted octanol–water partition coefficient (Wildman–Crippen LogP) is 4.29. The number of likely N-dealkylation sites (tertiary alicyclic amines) is 1. The topological polar surface area (TPSA) is 42.4 Å². The summed E-state index contributed by atoms with van der Waals surface area (Å²) in [5, 5.41) is 0.835. The Morgan fingerprint density at radius 2 is 1.81 bits per heavy atom. The van der Waals surface area contributed by atoms with Crippen LogP contribution in [0.25, 0.3) is 22.2 Å². The van der Waals surface area contributed by atoms with E-state index in [0.29, 0.717) is 24.3 Å². The molecule has 1 aliphatic rings. The van der Waals surface area contributed by atoms with E-state index in [0.717, 1.165) is 29.3 Å². The molecule has 2 heterocycles. The zero-order valence-corrected chi connectivity index (χ0v) is 15.2. The quantitative estimate of drug-likeness (QED) is 0.696. The van der Waals surface area contributed by atoms with Gasteiger partial charge in [-0.15, -0.1) is 0 Å². The molecule has 5 heteroatoms. The molecule has 0 radical (unpaired) electrons. The average molecular weight is 364 g/mol. The van der Waals surface area contributed by atoms with Gasteiger partial charge in [-0.3, -0.25) is 4.79 Å². The highest BCUT2D eigenvalue weighted by atomic mass is 19.1. The third-order valence-electron chi connectivity index (χ3n) is 5.15. The number of fused-ring (bicyclic) bond motifs is 1. The molecule has 4 rings (SSSR count). The maximum Gasteiger partial charge on any atom is 0.254 e. The van der Waals surface area contributed by atoms with Gasteiger partial charge in [-0.05, 0) is 49.2 Å². The van der Waals surface area contributed by atoms with Gasteiger partial charge in [0.1, 0.15) is 5.82 Å². The summed E-state index contributed by atoms with van der Waals surface area (Å²) < 4.78 is 18.7. The molecule has 0 saturated carbocycles. The molecule has 0 N–H and O–H groups in total. The van der Waals surface area contributed by atoms with Crippen molar-refractivity contribution in [3.05, 3.63) is 66.0 Å². The summed E-state index contributed by atoms with van der Waals surface area (Å²) in [6, 6.07) is 15.6. The van der Waals surface area contributed by atoms with Gasteiger partial charge >= 0.3 is 0 Å². The number of methoxy groups -OCH3 is 1. The van der Waals surface area contributed by atoms with Gasteiger partial charge in [0, 0.05) is 31.1 Å². The van der Waals surface area contributed by atoms with Gasteiger partial charge in [0.2, 0.25) is 0 Å². The Hall–Kier alpha value is -2.79. The average Bonchev–Trinajstić information content (AvgIpc) is 2.73. The normalized spacial score (nSPS) is 15.3. The van der Waals surface area contributed by atoms with Crippen LogP contribution >= 0.6 is 0 Å². The van der Waals surface area contributed by atoms with E-state index in [4.69, 9.17) is 4.74 Å². The lowest BCUT2D eigenvalue weighted by Gasteiger charge is -2.31. The number of carbonyl (C=O) groups is 1. The number of hydrogen-bond donors (Lipinski definition) is 0. The van der Waals surface area contributed by atoms with Gasteiger partial charge in [0.25, 0.3) is 5.91 Å². The lowest BCUT2D eigenvalue weighted by molar-refractivity contribution is 0.0352. The van der Waals surface area contributed by atoms with Crippen LogP contribution in [0, 0.1) is 5.82 Å². The highest BCUT2D eigenvalue weighted by molar-refractivity contribution is 6.07. The fraction of sp³-hybridized carbons (Fsp3) is 0.273. The van der Waals surface area contributed by atoms with Crippen LogP contribution in [0.1, 0.15) is 23.2 Å². The molecular weight excluding hydrogens is 343 g/mol. The second-order valence-electron chi connectivity index (χ2n) is 6.81. The summed E-state index contributed by atoms with van der Waals surface area (Å²) in [5.74, 6) is -0.289. The summed E-state index contributed by atoms with van der Waals surface area (Å²) in [4.78, 5) is 19.8. The lowest BCUT2D eigenvalue weighted by atomic mass is 10.0. The fourth-order valence-corrected chi connectivity index (χ4v) is 3.59. The number of nitrogens with zero attached hydrogens (tertiary/aromatic N) is 2. The first kappa shape index (κ1) is 17.6. The minimum absolute atomic E-state index is 0.00603. The molecule has 0 aliphatic carbocycles. The number of benzene rings is 2. The minimum Gasteiger partial charge on any atom is -0.381 e. The first-order valence-corrected chi connectivity index (χ1v) is 9.13. The van der Waals surface area contributed by atoms with Crippen molar-refractivity contribution in [2.24, 2.45) is 0 Å². The summed E-state index contributed by atoms with van der Waals surface area (Å²) >= 11 is 0. The van der Waals surface area contributed by atoms with Crippen LogP contribution in [-0.4, -0.2) is 42.1 Å². The fourth-order valence-electron chi connectivity index (χ4n) is 3.59. The smallest absolute Gasteiger partial charge is 0.254 e. The lowest BCUT2D eigenvalue weighted by Crippen LogP contribution is -2.40. The van der Waals surface area contributed by atoms with Crippen molar-refractivity contribution in [2.75, 3.05) is 20.2 Å². The van der Waals surface area contributed by atoms with Gasteiger partial charge in [-0.2, -0.15) is 0 Å². The van der Waals surface area contributed by atoms with Gasteiger partial charge in [0.05, 0.1) is 22.9 Å². The SMILES string of the molecule is COC1CCN(C(=O)c2cc(-c3ccc(F)cc3)nc3ccccc23)CC1. The zero-order chi connectivity index (χ0) is 18.8. The highest BCUT2D eigenvalue weighted by Crippen LogP contribution is 2.27. The van der Waals surface area contributed by atoms with Crippen molar-refractivity contribution >= 4 is 16.8 Å². The first-order chi connectivity index (χ1) is 13.2. The van der Waals surface area contributed by atoms with Crippen LogP contribution in [0.3, 0.4) is 0 Å². The third-order valence-corrected chi connectivity index (χ3v) is 5.15. The highest BCUT2D eigenvalue weighted by Gasteiger charge is 2.25. The Morgan fingerprint density at radius 1 is 1.11 bits per heavy atom. The van der Waals surface area contributed by atoms with E-state index in [-0.39, 0.29) is 17.8 Å². The monoisotopic (exact) mass is 364 g/mol. The third kappa shape index (κ3) is 3.55. The van der Waals surface area contributed by atoms with Crippen molar-refractivity contribution < 1.29 is 13.9 Å². The Labute approximate surface area is 157 Å². The van der Waals surface area contributed by atoms with Crippen LogP contribution in [0.15, 0.2) is 54.6 Å². The summed E-state index contributed by atoms with van der Waals surface area (Å²) in [6.45, 7) is 1.36. The maximum atomic E-state index is 13.3. The van der Waals surface area contributed by atoms with E-state index in [2.05, 4.69) is 4.98 Å². The van der Waals surface area contributed by atoms with Crippen LogP contribution in [-0.2, 0) is 4.74 Å². The molecular formula is C22H21FN2O2. The Balaban J connectivity index is 1.74. The number of para-hydroxylation sites is 1. The molecule has 3 aromatic rings. The summed E-state index contributed by atoms with van der Waals surface area (Å²) in [5.41, 5.74) is 2.85. The van der Waals surface area contributed by atoms with Crippen LogP contribution < -0.4 is 0 Å². The van der Waals surface area contributed by atoms with E-state index < -0.39 is 0 Å². The van der Waals surface area contributed by atoms with E-state index in [1.165, 1.54) is 12.1 Å². The minimum atomic E-state index is -0.295. The number of hydrogen-bond acceptors (Lipinski definition) is 3. The van der Waals surface area contributed by atoms with Crippen LogP contribution in [0.5, 0.6) is 0 Å². The van der Waals surface area contributed by atoms with E-state index in [1.807, 2.05) is 35.2 Å². The number of rotatable bonds is 3. The van der Waals surface area contributed by atoms with E-state index in [9.17, 15) is 9.18 Å². The molecule has 1 aromatic heterocycles. The second kappa shape index (κ2) is 7.45. The van der Waals surface area contributed by atoms with Gasteiger partial charge < -0.3 is 9.64 Å².